The topological polar surface area (TPSA) is 83.8 Å². The second-order valence-corrected chi connectivity index (χ2v) is 5.06. The van der Waals surface area contributed by atoms with E-state index in [0.29, 0.717) is 23.9 Å². The van der Waals surface area contributed by atoms with Gasteiger partial charge in [0, 0.05) is 24.5 Å². The molecule has 2 aromatic rings. The zero-order chi connectivity index (χ0) is 14.5. The van der Waals surface area contributed by atoms with Gasteiger partial charge in [0.1, 0.15) is 5.82 Å². The lowest BCUT2D eigenvalue weighted by Gasteiger charge is -2.05. The van der Waals surface area contributed by atoms with Crippen LogP contribution in [0.5, 0.6) is 0 Å². The third kappa shape index (κ3) is 3.42. The Morgan fingerprint density at radius 2 is 2.15 bits per heavy atom. The molecule has 6 heteroatoms. The first kappa shape index (κ1) is 14.2. The molecular weight excluding hydrogens is 256 g/mol. The van der Waals surface area contributed by atoms with E-state index in [1.165, 1.54) is 6.07 Å². The maximum Gasteiger partial charge on any atom is 0.280 e. The molecule has 20 heavy (non-hydrogen) atoms. The van der Waals surface area contributed by atoms with E-state index < -0.39 is 4.92 Å². The summed E-state index contributed by atoms with van der Waals surface area (Å²) in [5, 5.41) is 14.3. The van der Waals surface area contributed by atoms with Gasteiger partial charge in [0.25, 0.3) is 5.69 Å². The monoisotopic (exact) mass is 274 g/mol. The Bertz CT molecular complexity index is 592. The fourth-order valence-corrected chi connectivity index (χ4v) is 1.91. The molecule has 1 aromatic heterocycles. The largest absolute Gasteiger partial charge is 0.341 e. The number of aromatic nitrogens is 2. The summed E-state index contributed by atoms with van der Waals surface area (Å²) in [7, 11) is 0. The predicted molar refractivity (Wildman–Crippen MR) is 77.2 cm³/mol. The molecular formula is C14H18N4O2. The number of nitrogens with one attached hydrogen (secondary N) is 2. The molecule has 6 nitrogen and oxygen atoms in total. The Hall–Kier alpha value is -2.21. The molecule has 1 aromatic carbocycles. The van der Waals surface area contributed by atoms with Crippen LogP contribution in [0.2, 0.25) is 0 Å². The van der Waals surface area contributed by atoms with Gasteiger partial charge in [0.2, 0.25) is 0 Å². The number of aromatic amines is 1. The second kappa shape index (κ2) is 6.29. The molecule has 0 aliphatic rings. The first-order valence-electron chi connectivity index (χ1n) is 6.56. The van der Waals surface area contributed by atoms with Gasteiger partial charge in [0.05, 0.1) is 10.5 Å². The summed E-state index contributed by atoms with van der Waals surface area (Å²) in [6, 6.07) is 6.59. The third-order valence-electron chi connectivity index (χ3n) is 2.85. The lowest BCUT2D eigenvalue weighted by Crippen LogP contribution is -2.19. The van der Waals surface area contributed by atoms with Crippen molar-refractivity contribution < 1.29 is 4.92 Å². The van der Waals surface area contributed by atoms with Crippen molar-refractivity contribution in [2.24, 2.45) is 5.92 Å². The fraction of sp³-hybridized carbons (Fsp3) is 0.357. The molecule has 2 N–H and O–H groups in total. The van der Waals surface area contributed by atoms with Crippen LogP contribution in [-0.2, 0) is 6.54 Å². The minimum absolute atomic E-state index is 0.0588. The molecule has 0 saturated heterocycles. The number of benzene rings is 1. The second-order valence-electron chi connectivity index (χ2n) is 5.06. The quantitative estimate of drug-likeness (QED) is 0.626. The van der Waals surface area contributed by atoms with Crippen molar-refractivity contribution in [3.8, 4) is 11.4 Å². The molecule has 0 spiro atoms. The molecule has 2 rings (SSSR count). The van der Waals surface area contributed by atoms with Gasteiger partial charge in [-0.3, -0.25) is 10.1 Å². The summed E-state index contributed by atoms with van der Waals surface area (Å²) in [6.07, 6.45) is 1.71. The van der Waals surface area contributed by atoms with Gasteiger partial charge in [-0.25, -0.2) is 4.98 Å². The molecule has 0 fully saturated rings. The van der Waals surface area contributed by atoms with Crippen LogP contribution in [0.25, 0.3) is 11.4 Å². The Balaban J connectivity index is 2.15. The number of imidazole rings is 1. The summed E-state index contributed by atoms with van der Waals surface area (Å²) in [5.74, 6) is 1.10. The van der Waals surface area contributed by atoms with Crippen LogP contribution in [0.15, 0.2) is 30.5 Å². The predicted octanol–water partition coefficient (Wildman–Crippen LogP) is 2.73. The van der Waals surface area contributed by atoms with Crippen molar-refractivity contribution >= 4 is 5.69 Å². The minimum atomic E-state index is -0.394. The Morgan fingerprint density at radius 1 is 1.40 bits per heavy atom. The third-order valence-corrected chi connectivity index (χ3v) is 2.85. The lowest BCUT2D eigenvalue weighted by atomic mass is 10.2. The van der Waals surface area contributed by atoms with Gasteiger partial charge in [-0.2, -0.15) is 0 Å². The van der Waals surface area contributed by atoms with Crippen LogP contribution in [0, 0.1) is 16.0 Å². The van der Waals surface area contributed by atoms with E-state index in [9.17, 15) is 10.1 Å². The standard InChI is InChI=1S/C14H18N4O2/c1-10(2)7-15-8-11-9-16-14(17-11)12-5-3-4-6-13(12)18(19)20/h3-6,9-10,15H,7-8H2,1-2H3,(H,16,17). The van der Waals surface area contributed by atoms with Gasteiger partial charge >= 0.3 is 0 Å². The molecule has 1 heterocycles. The van der Waals surface area contributed by atoms with E-state index in [1.807, 2.05) is 0 Å². The molecule has 0 aliphatic heterocycles. The SMILES string of the molecule is CC(C)CNCc1cnc(-c2ccccc2[N+](=O)[O-])[nH]1. The number of hydrogen-bond acceptors (Lipinski definition) is 4. The number of nitro benzene ring substituents is 1. The zero-order valence-corrected chi connectivity index (χ0v) is 11.6. The number of para-hydroxylation sites is 1. The Morgan fingerprint density at radius 3 is 2.85 bits per heavy atom. The normalized spacial score (nSPS) is 10.9. The number of nitro groups is 1. The van der Waals surface area contributed by atoms with Crippen molar-refractivity contribution in [3.63, 3.8) is 0 Å². The first-order chi connectivity index (χ1) is 9.58. The summed E-state index contributed by atoms with van der Waals surface area (Å²) in [4.78, 5) is 18.0. The van der Waals surface area contributed by atoms with Crippen LogP contribution >= 0.6 is 0 Å². The molecule has 0 radical (unpaired) electrons. The summed E-state index contributed by atoms with van der Waals surface area (Å²) < 4.78 is 0. The van der Waals surface area contributed by atoms with E-state index in [0.717, 1.165) is 12.2 Å². The van der Waals surface area contributed by atoms with Gasteiger partial charge in [-0.15, -0.1) is 0 Å². The highest BCUT2D eigenvalue weighted by molar-refractivity contribution is 5.67. The maximum absolute atomic E-state index is 11.0. The van der Waals surface area contributed by atoms with Crippen molar-refractivity contribution in [1.29, 1.82) is 0 Å². The highest BCUT2D eigenvalue weighted by Crippen LogP contribution is 2.26. The summed E-state index contributed by atoms with van der Waals surface area (Å²) in [6.45, 7) is 5.86. The smallest absolute Gasteiger partial charge is 0.280 e. The highest BCUT2D eigenvalue weighted by Gasteiger charge is 2.16. The van der Waals surface area contributed by atoms with Crippen molar-refractivity contribution in [2.75, 3.05) is 6.54 Å². The van der Waals surface area contributed by atoms with Crippen molar-refractivity contribution in [3.05, 3.63) is 46.3 Å². The Kier molecular flexibility index (Phi) is 4.47. The summed E-state index contributed by atoms with van der Waals surface area (Å²) in [5.41, 5.74) is 1.48. The first-order valence-corrected chi connectivity index (χ1v) is 6.56. The average Bonchev–Trinajstić information content (AvgIpc) is 2.87. The molecule has 0 atom stereocenters. The number of rotatable bonds is 6. The summed E-state index contributed by atoms with van der Waals surface area (Å²) >= 11 is 0. The van der Waals surface area contributed by atoms with Gasteiger partial charge in [0.15, 0.2) is 0 Å². The molecule has 0 bridgehead atoms. The maximum atomic E-state index is 11.0. The van der Waals surface area contributed by atoms with Gasteiger partial charge in [-0.1, -0.05) is 26.0 Å². The number of hydrogen-bond donors (Lipinski definition) is 2. The average molecular weight is 274 g/mol. The van der Waals surface area contributed by atoms with E-state index in [4.69, 9.17) is 0 Å². The fourth-order valence-electron chi connectivity index (χ4n) is 1.91. The molecule has 0 aliphatic carbocycles. The highest BCUT2D eigenvalue weighted by atomic mass is 16.6. The van der Waals surface area contributed by atoms with Crippen molar-refractivity contribution in [1.82, 2.24) is 15.3 Å². The van der Waals surface area contributed by atoms with Gasteiger partial charge < -0.3 is 10.3 Å². The van der Waals surface area contributed by atoms with Crippen LogP contribution in [0.1, 0.15) is 19.5 Å². The van der Waals surface area contributed by atoms with Crippen molar-refractivity contribution in [2.45, 2.75) is 20.4 Å². The van der Waals surface area contributed by atoms with Crippen LogP contribution < -0.4 is 5.32 Å². The van der Waals surface area contributed by atoms with E-state index in [2.05, 4.69) is 29.1 Å². The molecule has 0 unspecified atom stereocenters. The van der Waals surface area contributed by atoms with Crippen LogP contribution in [0.3, 0.4) is 0 Å². The van der Waals surface area contributed by atoms with E-state index in [1.54, 1.807) is 24.4 Å². The molecule has 0 saturated carbocycles. The van der Waals surface area contributed by atoms with Crippen LogP contribution in [-0.4, -0.2) is 21.4 Å². The van der Waals surface area contributed by atoms with E-state index in [-0.39, 0.29) is 5.69 Å². The number of nitrogens with zero attached hydrogens (tertiary/aromatic N) is 2. The molecule has 0 amide bonds. The minimum Gasteiger partial charge on any atom is -0.341 e. The van der Waals surface area contributed by atoms with E-state index >= 15 is 0 Å². The molecule has 106 valence electrons. The lowest BCUT2D eigenvalue weighted by molar-refractivity contribution is -0.384. The van der Waals surface area contributed by atoms with Crippen LogP contribution in [0.4, 0.5) is 5.69 Å². The number of H-pyrrole nitrogens is 1. The Labute approximate surface area is 117 Å². The zero-order valence-electron chi connectivity index (χ0n) is 11.6. The van der Waals surface area contributed by atoms with Gasteiger partial charge in [-0.05, 0) is 18.5 Å².